The van der Waals surface area contributed by atoms with Gasteiger partial charge < -0.3 is 15.3 Å². The summed E-state index contributed by atoms with van der Waals surface area (Å²) in [7, 11) is 1.72. The number of nitrogens with zero attached hydrogens (tertiary/aromatic N) is 5. The summed E-state index contributed by atoms with van der Waals surface area (Å²) in [6.45, 7) is 2.14. The number of aromatic nitrogens is 4. The van der Waals surface area contributed by atoms with Crippen molar-refractivity contribution in [1.82, 2.24) is 19.2 Å². The molecule has 0 aliphatic carbocycles. The van der Waals surface area contributed by atoms with Gasteiger partial charge in [-0.3, -0.25) is 13.8 Å². The van der Waals surface area contributed by atoms with Crippen molar-refractivity contribution in [3.05, 3.63) is 64.7 Å². The standard InChI is InChI=1S/C22H24N6O2/c1-26-21(30)16-6-2-4-8-18(16)28-20(24-25-22(26)28)14-23-17-7-3-5-9-19(17)27-12-10-15(29)11-13-27/h2-9,15,23,29H,10-14H2,1H3. The minimum atomic E-state index is -0.205. The molecule has 1 fully saturated rings. The molecule has 8 nitrogen and oxygen atoms in total. The van der Waals surface area contributed by atoms with Crippen molar-refractivity contribution < 1.29 is 5.11 Å². The molecule has 154 valence electrons. The van der Waals surface area contributed by atoms with Crippen LogP contribution in [-0.4, -0.2) is 43.5 Å². The number of piperidine rings is 1. The van der Waals surface area contributed by atoms with Crippen molar-refractivity contribution in [3.63, 3.8) is 0 Å². The molecule has 1 aliphatic rings. The van der Waals surface area contributed by atoms with E-state index in [2.05, 4.69) is 32.5 Å². The first-order valence-corrected chi connectivity index (χ1v) is 10.2. The number of benzene rings is 2. The van der Waals surface area contributed by atoms with Gasteiger partial charge in [-0.1, -0.05) is 24.3 Å². The summed E-state index contributed by atoms with van der Waals surface area (Å²) >= 11 is 0. The number of aliphatic hydroxyl groups excluding tert-OH is 1. The van der Waals surface area contributed by atoms with Gasteiger partial charge >= 0.3 is 0 Å². The highest BCUT2D eigenvalue weighted by Gasteiger charge is 2.20. The minimum absolute atomic E-state index is 0.0809. The molecule has 0 amide bonds. The van der Waals surface area contributed by atoms with Crippen LogP contribution in [0.1, 0.15) is 18.7 Å². The number of hydrogen-bond acceptors (Lipinski definition) is 6. The maximum atomic E-state index is 12.6. The lowest BCUT2D eigenvalue weighted by Crippen LogP contribution is -2.36. The molecule has 2 N–H and O–H groups in total. The molecule has 1 saturated heterocycles. The van der Waals surface area contributed by atoms with Crippen molar-refractivity contribution in [2.45, 2.75) is 25.5 Å². The fourth-order valence-electron chi connectivity index (χ4n) is 4.19. The van der Waals surface area contributed by atoms with E-state index >= 15 is 0 Å². The highest BCUT2D eigenvalue weighted by molar-refractivity contribution is 5.80. The molecule has 0 saturated carbocycles. The van der Waals surface area contributed by atoms with Crippen LogP contribution < -0.4 is 15.8 Å². The first kappa shape index (κ1) is 18.6. The quantitative estimate of drug-likeness (QED) is 0.542. The number of hydrogen-bond donors (Lipinski definition) is 2. The van der Waals surface area contributed by atoms with E-state index in [0.717, 1.165) is 48.6 Å². The van der Waals surface area contributed by atoms with E-state index in [1.54, 1.807) is 7.05 Å². The summed E-state index contributed by atoms with van der Waals surface area (Å²) in [5.74, 6) is 1.26. The Bertz CT molecular complexity index is 1270. The maximum absolute atomic E-state index is 12.6. The van der Waals surface area contributed by atoms with E-state index in [-0.39, 0.29) is 11.7 Å². The molecule has 2 aromatic heterocycles. The van der Waals surface area contributed by atoms with Gasteiger partial charge in [0.05, 0.1) is 34.9 Å². The Balaban J connectivity index is 1.49. The summed E-state index contributed by atoms with van der Waals surface area (Å²) in [4.78, 5) is 14.9. The second kappa shape index (κ2) is 7.46. The zero-order valence-electron chi connectivity index (χ0n) is 16.8. The Morgan fingerprint density at radius 1 is 1.07 bits per heavy atom. The van der Waals surface area contributed by atoms with Crippen molar-refractivity contribution in [1.29, 1.82) is 0 Å². The number of anilines is 2. The highest BCUT2D eigenvalue weighted by Crippen LogP contribution is 2.28. The minimum Gasteiger partial charge on any atom is -0.393 e. The highest BCUT2D eigenvalue weighted by atomic mass is 16.3. The van der Waals surface area contributed by atoms with E-state index in [1.807, 2.05) is 40.8 Å². The van der Waals surface area contributed by atoms with Crippen molar-refractivity contribution in [2.24, 2.45) is 7.05 Å². The van der Waals surface area contributed by atoms with Gasteiger partial charge in [0, 0.05) is 20.1 Å². The van der Waals surface area contributed by atoms with Gasteiger partial charge in [-0.25, -0.2) is 0 Å². The lowest BCUT2D eigenvalue weighted by molar-refractivity contribution is 0.145. The Labute approximate surface area is 173 Å². The topological polar surface area (TPSA) is 87.7 Å². The summed E-state index contributed by atoms with van der Waals surface area (Å²) in [5, 5.41) is 22.6. The molecule has 3 heterocycles. The molecule has 8 heteroatoms. The summed E-state index contributed by atoms with van der Waals surface area (Å²) in [6, 6.07) is 15.7. The molecule has 4 aromatic rings. The number of fused-ring (bicyclic) bond motifs is 3. The third-order valence-corrected chi connectivity index (χ3v) is 5.84. The van der Waals surface area contributed by atoms with Gasteiger partial charge in [0.1, 0.15) is 0 Å². The lowest BCUT2D eigenvalue weighted by Gasteiger charge is -2.32. The Kier molecular flexibility index (Phi) is 4.63. The van der Waals surface area contributed by atoms with Gasteiger partial charge in [-0.2, -0.15) is 0 Å². The smallest absolute Gasteiger partial charge is 0.262 e. The number of aliphatic hydroxyl groups is 1. The van der Waals surface area contributed by atoms with E-state index in [1.165, 1.54) is 4.57 Å². The van der Waals surface area contributed by atoms with Crippen LogP contribution in [0, 0.1) is 0 Å². The molecular weight excluding hydrogens is 380 g/mol. The zero-order valence-corrected chi connectivity index (χ0v) is 16.8. The number of para-hydroxylation sites is 3. The second-order valence-corrected chi connectivity index (χ2v) is 7.72. The molecule has 0 spiro atoms. The fourth-order valence-corrected chi connectivity index (χ4v) is 4.19. The van der Waals surface area contributed by atoms with Gasteiger partial charge in [0.2, 0.25) is 5.78 Å². The molecule has 0 radical (unpaired) electrons. The zero-order chi connectivity index (χ0) is 20.7. The largest absolute Gasteiger partial charge is 0.393 e. The molecular formula is C22H24N6O2. The molecule has 5 rings (SSSR count). The average molecular weight is 404 g/mol. The second-order valence-electron chi connectivity index (χ2n) is 7.72. The third-order valence-electron chi connectivity index (χ3n) is 5.84. The van der Waals surface area contributed by atoms with Crippen LogP contribution in [0.2, 0.25) is 0 Å². The molecule has 0 bridgehead atoms. The molecule has 2 aromatic carbocycles. The van der Waals surface area contributed by atoms with E-state index in [0.29, 0.717) is 17.7 Å². The fraction of sp³-hybridized carbons (Fsp3) is 0.318. The van der Waals surface area contributed by atoms with Crippen LogP contribution in [0.15, 0.2) is 53.3 Å². The predicted molar refractivity (Wildman–Crippen MR) is 117 cm³/mol. The lowest BCUT2D eigenvalue weighted by atomic mass is 10.1. The van der Waals surface area contributed by atoms with Crippen molar-refractivity contribution in [3.8, 4) is 0 Å². The summed E-state index contributed by atoms with van der Waals surface area (Å²) in [6.07, 6.45) is 1.36. The van der Waals surface area contributed by atoms with Crippen LogP contribution in [-0.2, 0) is 13.6 Å². The maximum Gasteiger partial charge on any atom is 0.262 e. The number of rotatable bonds is 4. The first-order valence-electron chi connectivity index (χ1n) is 10.2. The van der Waals surface area contributed by atoms with Gasteiger partial charge in [-0.15, -0.1) is 10.2 Å². The van der Waals surface area contributed by atoms with Crippen LogP contribution in [0.25, 0.3) is 16.7 Å². The van der Waals surface area contributed by atoms with Crippen molar-refractivity contribution in [2.75, 3.05) is 23.3 Å². The molecule has 0 unspecified atom stereocenters. The summed E-state index contributed by atoms with van der Waals surface area (Å²) < 4.78 is 3.47. The summed E-state index contributed by atoms with van der Waals surface area (Å²) in [5.41, 5.74) is 2.86. The van der Waals surface area contributed by atoms with Crippen LogP contribution in [0.4, 0.5) is 11.4 Å². The third kappa shape index (κ3) is 3.09. The Morgan fingerprint density at radius 2 is 1.80 bits per heavy atom. The predicted octanol–water partition coefficient (Wildman–Crippen LogP) is 2.15. The van der Waals surface area contributed by atoms with Crippen LogP contribution >= 0.6 is 0 Å². The molecule has 30 heavy (non-hydrogen) atoms. The van der Waals surface area contributed by atoms with Crippen LogP contribution in [0.3, 0.4) is 0 Å². The number of nitrogens with one attached hydrogen (secondary N) is 1. The average Bonchev–Trinajstić information content (AvgIpc) is 3.21. The normalized spacial score (nSPS) is 15.2. The monoisotopic (exact) mass is 404 g/mol. The SMILES string of the molecule is Cn1c(=O)c2ccccc2n2c(CNc3ccccc3N3CCC(O)CC3)nnc12. The molecule has 0 atom stereocenters. The number of aryl methyl sites for hydroxylation is 1. The molecule has 1 aliphatic heterocycles. The Hall–Kier alpha value is -3.39. The van der Waals surface area contributed by atoms with E-state index in [4.69, 9.17) is 0 Å². The van der Waals surface area contributed by atoms with Gasteiger partial charge in [0.15, 0.2) is 5.82 Å². The van der Waals surface area contributed by atoms with E-state index < -0.39 is 0 Å². The van der Waals surface area contributed by atoms with E-state index in [9.17, 15) is 9.90 Å². The van der Waals surface area contributed by atoms with Gasteiger partial charge in [0.25, 0.3) is 5.56 Å². The Morgan fingerprint density at radius 3 is 2.63 bits per heavy atom. The van der Waals surface area contributed by atoms with Crippen LogP contribution in [0.5, 0.6) is 0 Å². The first-order chi connectivity index (χ1) is 14.6. The van der Waals surface area contributed by atoms with Gasteiger partial charge in [-0.05, 0) is 37.1 Å². The van der Waals surface area contributed by atoms with Crippen molar-refractivity contribution >= 4 is 28.1 Å².